The number of amides is 1. The second-order valence-electron chi connectivity index (χ2n) is 7.95. The smallest absolute Gasteiger partial charge is 0.294 e. The van der Waals surface area contributed by atoms with Gasteiger partial charge in [-0.25, -0.2) is 4.98 Å². The van der Waals surface area contributed by atoms with Gasteiger partial charge in [0.25, 0.3) is 5.91 Å². The number of rotatable bonds is 4. The van der Waals surface area contributed by atoms with E-state index in [1.807, 2.05) is 30.0 Å². The molecule has 1 N–H and O–H groups in total. The number of nitrogens with zero attached hydrogens (tertiary/aromatic N) is 2. The minimum atomic E-state index is -0.198. The minimum absolute atomic E-state index is 0.118. The summed E-state index contributed by atoms with van der Waals surface area (Å²) in [7, 11) is 1.56. The Balaban J connectivity index is 1.52. The number of benzene rings is 2. The number of aromatic amines is 1. The molecule has 6 nitrogen and oxygen atoms in total. The Kier molecular flexibility index (Phi) is 4.79. The van der Waals surface area contributed by atoms with Crippen molar-refractivity contribution >= 4 is 22.6 Å². The number of fused-ring (bicyclic) bond motifs is 1. The van der Waals surface area contributed by atoms with Crippen molar-refractivity contribution in [3.63, 3.8) is 0 Å². The molecule has 1 amide bonds. The van der Waals surface area contributed by atoms with E-state index in [4.69, 9.17) is 9.47 Å². The Morgan fingerprint density at radius 2 is 1.83 bits per heavy atom. The molecule has 0 radical (unpaired) electrons. The number of hydrogen-bond acceptors (Lipinski definition) is 4. The summed E-state index contributed by atoms with van der Waals surface area (Å²) in [5, 5.41) is 0. The van der Waals surface area contributed by atoms with Gasteiger partial charge in [-0.05, 0) is 55.0 Å². The van der Waals surface area contributed by atoms with Crippen LogP contribution in [0.5, 0.6) is 0 Å². The molecule has 1 fully saturated rings. The van der Waals surface area contributed by atoms with Crippen molar-refractivity contribution in [3.05, 3.63) is 71.3 Å². The summed E-state index contributed by atoms with van der Waals surface area (Å²) < 4.78 is 11.0. The number of methoxy groups -OCH3 is 1. The van der Waals surface area contributed by atoms with Crippen LogP contribution in [0.15, 0.2) is 60.1 Å². The molecule has 3 aromatic rings. The molecule has 5 rings (SSSR count). The highest BCUT2D eigenvalue weighted by Crippen LogP contribution is 2.42. The van der Waals surface area contributed by atoms with E-state index < -0.39 is 0 Å². The Labute approximate surface area is 175 Å². The predicted octanol–water partition coefficient (Wildman–Crippen LogP) is 4.47. The maximum atomic E-state index is 13.2. The van der Waals surface area contributed by atoms with Gasteiger partial charge in [0.15, 0.2) is 5.76 Å². The van der Waals surface area contributed by atoms with Gasteiger partial charge in [-0.3, -0.25) is 9.69 Å². The fourth-order valence-corrected chi connectivity index (χ4v) is 4.68. The second-order valence-corrected chi connectivity index (χ2v) is 7.95. The van der Waals surface area contributed by atoms with Crippen LogP contribution in [0.4, 0.5) is 5.69 Å². The molecule has 3 heterocycles. The number of carbonyl (C=O) groups excluding carboxylic acids is 1. The summed E-state index contributed by atoms with van der Waals surface area (Å²) in [5.41, 5.74) is 5.93. The van der Waals surface area contributed by atoms with Crippen LogP contribution in [0.2, 0.25) is 0 Å². The molecule has 1 unspecified atom stereocenters. The average molecular weight is 403 g/mol. The minimum Gasteiger partial charge on any atom is -0.491 e. The number of carbonyl (C=O) groups is 1. The molecule has 0 saturated carbocycles. The van der Waals surface area contributed by atoms with Crippen molar-refractivity contribution in [3.8, 4) is 0 Å². The Morgan fingerprint density at radius 3 is 2.57 bits per heavy atom. The molecular formula is C24H25N3O3. The lowest BCUT2D eigenvalue weighted by Gasteiger charge is -2.27. The van der Waals surface area contributed by atoms with Gasteiger partial charge in [0.2, 0.25) is 0 Å². The standard InChI is InChI=1S/C24H25N3O3/c1-15-22(18-5-3-16(4-6-18)17-9-11-30-12-10-17)27(24(28)23(15)29-2)19-7-8-20-21(13-19)26-14-25-20/h3-8,13-14,17,22H,9-12H2,1-2H3,(H,25,26). The molecule has 0 bridgehead atoms. The Morgan fingerprint density at radius 1 is 1.10 bits per heavy atom. The van der Waals surface area contributed by atoms with E-state index in [0.717, 1.165) is 53.9 Å². The van der Waals surface area contributed by atoms with Gasteiger partial charge in [-0.15, -0.1) is 0 Å². The first-order valence-corrected chi connectivity index (χ1v) is 10.4. The fourth-order valence-electron chi connectivity index (χ4n) is 4.68. The zero-order chi connectivity index (χ0) is 20.7. The normalized spacial score (nSPS) is 20.4. The van der Waals surface area contributed by atoms with Gasteiger partial charge in [0, 0.05) is 24.5 Å². The number of hydrogen-bond donors (Lipinski definition) is 1. The fraction of sp³-hybridized carbons (Fsp3) is 0.333. The first-order chi connectivity index (χ1) is 14.7. The zero-order valence-corrected chi connectivity index (χ0v) is 17.2. The Bertz CT molecular complexity index is 1110. The average Bonchev–Trinajstić information content (AvgIpc) is 3.35. The molecule has 1 atom stereocenters. The molecular weight excluding hydrogens is 378 g/mol. The molecule has 0 aliphatic carbocycles. The van der Waals surface area contributed by atoms with Crippen molar-refractivity contribution < 1.29 is 14.3 Å². The van der Waals surface area contributed by atoms with Crippen LogP contribution in [0, 0.1) is 0 Å². The van der Waals surface area contributed by atoms with E-state index in [0.29, 0.717) is 11.7 Å². The predicted molar refractivity (Wildman–Crippen MR) is 115 cm³/mol. The molecule has 1 aromatic heterocycles. The molecule has 2 aliphatic heterocycles. The van der Waals surface area contributed by atoms with Gasteiger partial charge >= 0.3 is 0 Å². The van der Waals surface area contributed by atoms with Gasteiger partial charge in [-0.2, -0.15) is 0 Å². The lowest BCUT2D eigenvalue weighted by atomic mass is 9.90. The van der Waals surface area contributed by atoms with E-state index in [2.05, 4.69) is 34.2 Å². The van der Waals surface area contributed by atoms with Crippen LogP contribution >= 0.6 is 0 Å². The lowest BCUT2D eigenvalue weighted by Crippen LogP contribution is -2.30. The van der Waals surface area contributed by atoms with Crippen molar-refractivity contribution in [2.45, 2.75) is 31.7 Å². The van der Waals surface area contributed by atoms with Crippen LogP contribution in [-0.4, -0.2) is 36.2 Å². The highest BCUT2D eigenvalue weighted by Gasteiger charge is 2.40. The summed E-state index contributed by atoms with van der Waals surface area (Å²) in [5.74, 6) is 0.841. The number of ether oxygens (including phenoxy) is 2. The van der Waals surface area contributed by atoms with Crippen molar-refractivity contribution in [2.75, 3.05) is 25.2 Å². The largest absolute Gasteiger partial charge is 0.491 e. The van der Waals surface area contributed by atoms with Crippen LogP contribution in [-0.2, 0) is 14.3 Å². The van der Waals surface area contributed by atoms with E-state index in [-0.39, 0.29) is 11.9 Å². The van der Waals surface area contributed by atoms with Crippen LogP contribution < -0.4 is 4.90 Å². The zero-order valence-electron chi connectivity index (χ0n) is 17.2. The summed E-state index contributed by atoms with van der Waals surface area (Å²) in [6, 6.07) is 14.3. The maximum Gasteiger partial charge on any atom is 0.294 e. The maximum absolute atomic E-state index is 13.2. The van der Waals surface area contributed by atoms with Crippen LogP contribution in [0.25, 0.3) is 11.0 Å². The summed E-state index contributed by atoms with van der Waals surface area (Å²) in [4.78, 5) is 22.4. The van der Waals surface area contributed by atoms with E-state index in [1.54, 1.807) is 13.4 Å². The molecule has 1 saturated heterocycles. The van der Waals surface area contributed by atoms with Crippen molar-refractivity contribution in [1.29, 1.82) is 0 Å². The van der Waals surface area contributed by atoms with E-state index in [9.17, 15) is 4.79 Å². The number of imidazole rings is 1. The summed E-state index contributed by atoms with van der Waals surface area (Å²) in [6.07, 6.45) is 3.78. The SMILES string of the molecule is COC1=C(C)C(c2ccc(C3CCOCC3)cc2)N(c2ccc3nc[nH]c3c2)C1=O. The molecule has 30 heavy (non-hydrogen) atoms. The summed E-state index contributed by atoms with van der Waals surface area (Å²) in [6.45, 7) is 3.63. The third kappa shape index (κ3) is 3.08. The third-order valence-electron chi connectivity index (χ3n) is 6.27. The van der Waals surface area contributed by atoms with Gasteiger partial charge in [0.1, 0.15) is 0 Å². The molecule has 2 aromatic carbocycles. The van der Waals surface area contributed by atoms with Gasteiger partial charge in [-0.1, -0.05) is 24.3 Å². The third-order valence-corrected chi connectivity index (χ3v) is 6.27. The molecule has 6 heteroatoms. The number of H-pyrrole nitrogens is 1. The summed E-state index contributed by atoms with van der Waals surface area (Å²) >= 11 is 0. The van der Waals surface area contributed by atoms with Crippen LogP contribution in [0.3, 0.4) is 0 Å². The second kappa shape index (κ2) is 7.61. The quantitative estimate of drug-likeness (QED) is 0.698. The Hall–Kier alpha value is -3.12. The van der Waals surface area contributed by atoms with E-state index in [1.165, 1.54) is 5.56 Å². The molecule has 154 valence electrons. The first kappa shape index (κ1) is 18.9. The molecule has 2 aliphatic rings. The number of aromatic nitrogens is 2. The van der Waals surface area contributed by atoms with Crippen molar-refractivity contribution in [2.24, 2.45) is 0 Å². The van der Waals surface area contributed by atoms with Gasteiger partial charge < -0.3 is 14.5 Å². The molecule has 0 spiro atoms. The number of nitrogens with one attached hydrogen (secondary N) is 1. The van der Waals surface area contributed by atoms with E-state index >= 15 is 0 Å². The highest BCUT2D eigenvalue weighted by atomic mass is 16.5. The topological polar surface area (TPSA) is 67.5 Å². The lowest BCUT2D eigenvalue weighted by molar-refractivity contribution is -0.117. The first-order valence-electron chi connectivity index (χ1n) is 10.4. The highest BCUT2D eigenvalue weighted by molar-refractivity contribution is 6.09. The van der Waals surface area contributed by atoms with Crippen molar-refractivity contribution in [1.82, 2.24) is 9.97 Å². The van der Waals surface area contributed by atoms with Gasteiger partial charge in [0.05, 0.1) is 30.5 Å². The van der Waals surface area contributed by atoms with Crippen LogP contribution in [0.1, 0.15) is 42.9 Å². The number of anilines is 1. The monoisotopic (exact) mass is 403 g/mol.